The van der Waals surface area contributed by atoms with Crippen LogP contribution in [0.5, 0.6) is 5.75 Å². The Kier molecular flexibility index (Phi) is 5.38. The second-order valence-corrected chi connectivity index (χ2v) is 11.6. The van der Waals surface area contributed by atoms with Crippen LogP contribution in [0.4, 0.5) is 23.2 Å². The Labute approximate surface area is 206 Å². The molecular formula is C23H18F4N2O5S2. The number of anilines is 1. The molecule has 0 amide bonds. The lowest BCUT2D eigenvalue weighted by atomic mass is 9.33. The van der Waals surface area contributed by atoms with Gasteiger partial charge in [0.15, 0.2) is 5.03 Å². The number of carbonyl (C=O) groups is 1. The highest BCUT2D eigenvalue weighted by atomic mass is 32.2. The first kappa shape index (κ1) is 24.5. The van der Waals surface area contributed by atoms with Crippen molar-refractivity contribution >= 4 is 33.0 Å². The van der Waals surface area contributed by atoms with Crippen molar-refractivity contribution in [1.82, 2.24) is 4.98 Å². The van der Waals surface area contributed by atoms with Crippen molar-refractivity contribution < 1.29 is 40.6 Å². The minimum atomic E-state index is -4.27. The largest absolute Gasteiger partial charge is 0.495 e. The van der Waals surface area contributed by atoms with Gasteiger partial charge in [-0.05, 0) is 36.3 Å². The molecule has 3 aromatic rings. The van der Waals surface area contributed by atoms with E-state index in [1.807, 2.05) is 0 Å². The summed E-state index contributed by atoms with van der Waals surface area (Å²) in [6.45, 7) is 0. The van der Waals surface area contributed by atoms with Gasteiger partial charge in [-0.1, -0.05) is 24.3 Å². The van der Waals surface area contributed by atoms with E-state index in [-0.39, 0.29) is 35.7 Å². The third kappa shape index (κ3) is 3.72. The van der Waals surface area contributed by atoms with Crippen molar-refractivity contribution in [2.24, 2.45) is 5.41 Å². The fourth-order valence-corrected chi connectivity index (χ4v) is 7.20. The minimum Gasteiger partial charge on any atom is -0.495 e. The molecule has 1 aromatic heterocycles. The topological polar surface area (TPSA) is 106 Å². The van der Waals surface area contributed by atoms with Crippen LogP contribution in [0.3, 0.4) is 0 Å². The summed E-state index contributed by atoms with van der Waals surface area (Å²) in [4.78, 5) is 15.3. The van der Waals surface area contributed by atoms with Crippen LogP contribution in [0.1, 0.15) is 35.2 Å². The number of halogens is 4. The molecule has 2 bridgehead atoms. The van der Waals surface area contributed by atoms with Crippen LogP contribution < -0.4 is 9.46 Å². The van der Waals surface area contributed by atoms with Gasteiger partial charge >= 0.3 is 12.1 Å². The molecule has 3 aliphatic rings. The summed E-state index contributed by atoms with van der Waals surface area (Å²) >= 11 is 1.04. The molecule has 2 aromatic carbocycles. The van der Waals surface area contributed by atoms with Crippen LogP contribution in [0.25, 0.3) is 10.6 Å². The monoisotopic (exact) mass is 542 g/mol. The molecular weight excluding hydrogens is 524 g/mol. The van der Waals surface area contributed by atoms with E-state index in [0.29, 0.717) is 16.6 Å². The highest BCUT2D eigenvalue weighted by molar-refractivity contribution is 7.92. The second-order valence-electron chi connectivity index (χ2n) is 9.10. The van der Waals surface area contributed by atoms with Crippen molar-refractivity contribution in [3.63, 3.8) is 0 Å². The summed E-state index contributed by atoms with van der Waals surface area (Å²) in [6.07, 6.45) is -3.91. The third-order valence-electron chi connectivity index (χ3n) is 6.90. The highest BCUT2D eigenvalue weighted by Crippen LogP contribution is 2.78. The molecule has 190 valence electrons. The number of carboxylic acids is 1. The Morgan fingerprint density at radius 1 is 1.17 bits per heavy atom. The van der Waals surface area contributed by atoms with E-state index < -0.39 is 44.4 Å². The van der Waals surface area contributed by atoms with Gasteiger partial charge in [0, 0.05) is 17.0 Å². The van der Waals surface area contributed by atoms with Crippen molar-refractivity contribution in [1.29, 1.82) is 0 Å². The summed E-state index contributed by atoms with van der Waals surface area (Å²) in [6, 6.07) is 8.47. The maximum absolute atomic E-state index is 14.1. The zero-order chi connectivity index (χ0) is 26.1. The van der Waals surface area contributed by atoms with Crippen LogP contribution in [0, 0.1) is 11.2 Å². The molecule has 3 aliphatic carbocycles. The molecule has 6 rings (SSSR count). The van der Waals surface area contributed by atoms with Gasteiger partial charge in [0.05, 0.1) is 23.8 Å². The van der Waals surface area contributed by atoms with Gasteiger partial charge in [0.1, 0.15) is 16.6 Å². The molecule has 0 spiro atoms. The lowest BCUT2D eigenvalue weighted by molar-refractivity contribution is -0.337. The van der Waals surface area contributed by atoms with Crippen LogP contribution in [-0.4, -0.2) is 37.8 Å². The Morgan fingerprint density at radius 3 is 2.36 bits per heavy atom. The van der Waals surface area contributed by atoms with E-state index in [2.05, 4.69) is 9.71 Å². The number of methoxy groups -OCH3 is 1. The van der Waals surface area contributed by atoms with Gasteiger partial charge in [0.2, 0.25) is 0 Å². The normalized spacial score (nSPS) is 22.9. The molecule has 0 radical (unpaired) electrons. The molecule has 0 unspecified atom stereocenters. The van der Waals surface area contributed by atoms with E-state index in [1.54, 1.807) is 24.3 Å². The van der Waals surface area contributed by atoms with Gasteiger partial charge in [-0.3, -0.25) is 4.72 Å². The number of benzene rings is 2. The Bertz CT molecular complexity index is 1460. The first-order chi connectivity index (χ1) is 16.8. The number of rotatable bonds is 7. The number of ether oxygens (including phenoxy) is 1. The van der Waals surface area contributed by atoms with Crippen LogP contribution >= 0.6 is 11.3 Å². The fraction of sp³-hybridized carbons (Fsp3) is 0.304. The summed E-state index contributed by atoms with van der Waals surface area (Å²) in [5.41, 5.74) is -1.55. The van der Waals surface area contributed by atoms with Crippen molar-refractivity contribution in [2.45, 2.75) is 35.9 Å². The first-order valence-corrected chi connectivity index (χ1v) is 12.9. The van der Waals surface area contributed by atoms with Gasteiger partial charge in [-0.2, -0.15) is 21.6 Å². The maximum Gasteiger partial charge on any atom is 0.394 e. The average Bonchev–Trinajstić information content (AvgIpc) is 3.22. The SMILES string of the molecule is COc1cc(C(=O)O)c(F)cc1NS(=O)(=O)c1csc(-c2ccc(C34CC(C(F)(F)F)(C3)C4)cc2)n1. The Hall–Kier alpha value is -3.19. The number of aromatic carboxylic acids is 1. The number of alkyl halides is 3. The number of aromatic nitrogens is 1. The van der Waals surface area contributed by atoms with E-state index in [1.165, 1.54) is 12.5 Å². The van der Waals surface area contributed by atoms with E-state index in [4.69, 9.17) is 9.84 Å². The first-order valence-electron chi connectivity index (χ1n) is 10.6. The molecule has 7 nitrogen and oxygen atoms in total. The summed E-state index contributed by atoms with van der Waals surface area (Å²) in [5, 5.41) is 10.3. The summed E-state index contributed by atoms with van der Waals surface area (Å²) in [7, 11) is -3.10. The van der Waals surface area contributed by atoms with Crippen LogP contribution in [-0.2, 0) is 15.4 Å². The number of thiazole rings is 1. The second kappa shape index (κ2) is 7.90. The highest BCUT2D eigenvalue weighted by Gasteiger charge is 2.78. The van der Waals surface area contributed by atoms with Crippen molar-refractivity contribution in [3.05, 3.63) is 58.7 Å². The van der Waals surface area contributed by atoms with E-state index >= 15 is 0 Å². The smallest absolute Gasteiger partial charge is 0.394 e. The molecule has 36 heavy (non-hydrogen) atoms. The molecule has 13 heteroatoms. The minimum absolute atomic E-state index is 0.0889. The predicted molar refractivity (Wildman–Crippen MR) is 122 cm³/mol. The van der Waals surface area contributed by atoms with E-state index in [9.17, 15) is 30.8 Å². The van der Waals surface area contributed by atoms with Gasteiger partial charge in [-0.15, -0.1) is 11.3 Å². The van der Waals surface area contributed by atoms with Crippen molar-refractivity contribution in [2.75, 3.05) is 11.8 Å². The molecule has 3 saturated carbocycles. The molecule has 2 N–H and O–H groups in total. The lowest BCUT2D eigenvalue weighted by Crippen LogP contribution is -2.70. The van der Waals surface area contributed by atoms with Gasteiger partial charge in [0.25, 0.3) is 10.0 Å². The number of hydrogen-bond acceptors (Lipinski definition) is 6. The Balaban J connectivity index is 1.33. The van der Waals surface area contributed by atoms with Crippen LogP contribution in [0.2, 0.25) is 0 Å². The van der Waals surface area contributed by atoms with E-state index in [0.717, 1.165) is 23.0 Å². The molecule has 0 atom stereocenters. The predicted octanol–water partition coefficient (Wildman–Crippen LogP) is 5.44. The summed E-state index contributed by atoms with van der Waals surface area (Å²) in [5.74, 6) is -2.88. The van der Waals surface area contributed by atoms with Crippen LogP contribution in [0.15, 0.2) is 46.8 Å². The third-order valence-corrected chi connectivity index (χ3v) is 9.19. The van der Waals surface area contributed by atoms with Gasteiger partial charge in [-0.25, -0.2) is 14.2 Å². The molecule has 1 heterocycles. The number of hydrogen-bond donors (Lipinski definition) is 2. The quantitative estimate of drug-likeness (QED) is 0.385. The number of nitrogens with zero attached hydrogens (tertiary/aromatic N) is 1. The maximum atomic E-state index is 14.1. The standard InChI is InChI=1S/C23H18F4N2O5S2/c1-34-17-6-14(20(30)31)15(24)7-16(17)29-36(32,33)18-8-35-19(28-18)12-2-4-13(5-3-12)21-9-22(10-21,11-21)23(25,26)27/h2-8,29H,9-11H2,1H3,(H,30,31). The zero-order valence-corrected chi connectivity index (χ0v) is 20.2. The molecule has 3 fully saturated rings. The molecule has 0 saturated heterocycles. The molecule has 0 aliphatic heterocycles. The van der Waals surface area contributed by atoms with Crippen molar-refractivity contribution in [3.8, 4) is 16.3 Å². The number of sulfonamides is 1. The number of carboxylic acid groups (broad SMARTS) is 1. The Morgan fingerprint density at radius 2 is 1.81 bits per heavy atom. The summed E-state index contributed by atoms with van der Waals surface area (Å²) < 4.78 is 86.3. The average molecular weight is 543 g/mol. The van der Waals surface area contributed by atoms with Gasteiger partial charge < -0.3 is 9.84 Å². The number of nitrogens with one attached hydrogen (secondary N) is 1. The fourth-order valence-electron chi connectivity index (χ4n) is 5.04. The lowest BCUT2D eigenvalue weighted by Gasteiger charge is -2.71. The zero-order valence-electron chi connectivity index (χ0n) is 18.5.